The molecule has 0 fully saturated rings. The predicted octanol–water partition coefficient (Wildman–Crippen LogP) is 3.40. The lowest BCUT2D eigenvalue weighted by molar-refractivity contribution is -0.123. The van der Waals surface area contributed by atoms with Crippen LogP contribution in [0, 0.1) is 5.92 Å². The number of amides is 1. The Balaban J connectivity index is 1.95. The van der Waals surface area contributed by atoms with E-state index in [0.29, 0.717) is 23.9 Å². The Labute approximate surface area is 162 Å². The van der Waals surface area contributed by atoms with Crippen LogP contribution < -0.4 is 14.8 Å². The summed E-state index contributed by atoms with van der Waals surface area (Å²) >= 11 is 3.30. The van der Waals surface area contributed by atoms with E-state index in [4.69, 9.17) is 4.74 Å². The Morgan fingerprint density at radius 3 is 2.27 bits per heavy atom. The zero-order chi connectivity index (χ0) is 19.2. The minimum Gasteiger partial charge on any atom is -0.484 e. The van der Waals surface area contributed by atoms with Crippen molar-refractivity contribution in [3.63, 3.8) is 0 Å². The third-order valence-electron chi connectivity index (χ3n) is 3.31. The Hall–Kier alpha value is -2.06. The number of halogens is 1. The molecule has 0 radical (unpaired) electrons. The molecule has 0 saturated carbocycles. The van der Waals surface area contributed by atoms with Crippen molar-refractivity contribution in [3.05, 3.63) is 53.0 Å². The van der Waals surface area contributed by atoms with Gasteiger partial charge in [0.05, 0.1) is 4.90 Å². The molecule has 2 rings (SSSR count). The summed E-state index contributed by atoms with van der Waals surface area (Å²) in [5, 5.41) is 2.75. The van der Waals surface area contributed by atoms with Gasteiger partial charge in [0.25, 0.3) is 15.9 Å². The van der Waals surface area contributed by atoms with Crippen LogP contribution in [0.3, 0.4) is 0 Å². The first kappa shape index (κ1) is 20.3. The molecule has 0 aliphatic heterocycles. The van der Waals surface area contributed by atoms with Crippen molar-refractivity contribution in [2.75, 3.05) is 17.9 Å². The van der Waals surface area contributed by atoms with Crippen LogP contribution in [0.25, 0.3) is 0 Å². The van der Waals surface area contributed by atoms with E-state index in [-0.39, 0.29) is 17.4 Å². The van der Waals surface area contributed by atoms with Crippen LogP contribution in [0.4, 0.5) is 5.69 Å². The maximum absolute atomic E-state index is 12.4. The highest BCUT2D eigenvalue weighted by atomic mass is 79.9. The van der Waals surface area contributed by atoms with Gasteiger partial charge in [-0.05, 0) is 54.4 Å². The molecule has 0 bridgehead atoms. The molecule has 1 amide bonds. The van der Waals surface area contributed by atoms with Crippen LogP contribution in [0.1, 0.15) is 13.8 Å². The highest BCUT2D eigenvalue weighted by Crippen LogP contribution is 2.20. The Bertz CT molecular complexity index is 834. The SMILES string of the molecule is CC(C)CNC(=O)COc1ccc(S(=O)(=O)Nc2ccc(Br)cc2)cc1. The average molecular weight is 441 g/mol. The van der Waals surface area contributed by atoms with Gasteiger partial charge in [-0.2, -0.15) is 0 Å². The fourth-order valence-electron chi connectivity index (χ4n) is 1.96. The zero-order valence-electron chi connectivity index (χ0n) is 14.5. The first-order valence-corrected chi connectivity index (χ1v) is 10.3. The maximum Gasteiger partial charge on any atom is 0.261 e. The van der Waals surface area contributed by atoms with Crippen molar-refractivity contribution in [2.24, 2.45) is 5.92 Å². The molecule has 2 aromatic rings. The van der Waals surface area contributed by atoms with Gasteiger partial charge in [-0.15, -0.1) is 0 Å². The summed E-state index contributed by atoms with van der Waals surface area (Å²) in [7, 11) is -3.69. The van der Waals surface area contributed by atoms with E-state index in [2.05, 4.69) is 26.0 Å². The molecule has 0 saturated heterocycles. The maximum atomic E-state index is 12.4. The van der Waals surface area contributed by atoms with E-state index < -0.39 is 10.0 Å². The molecular weight excluding hydrogens is 420 g/mol. The summed E-state index contributed by atoms with van der Waals surface area (Å²) in [4.78, 5) is 11.7. The van der Waals surface area contributed by atoms with Crippen LogP contribution in [-0.4, -0.2) is 27.5 Å². The normalized spacial score (nSPS) is 11.2. The van der Waals surface area contributed by atoms with Gasteiger partial charge in [-0.1, -0.05) is 29.8 Å². The molecule has 0 aliphatic rings. The number of hydrogen-bond acceptors (Lipinski definition) is 4. The molecule has 0 atom stereocenters. The van der Waals surface area contributed by atoms with E-state index in [1.165, 1.54) is 24.3 Å². The monoisotopic (exact) mass is 440 g/mol. The third-order valence-corrected chi connectivity index (χ3v) is 5.23. The molecule has 8 heteroatoms. The smallest absolute Gasteiger partial charge is 0.261 e. The number of carbonyl (C=O) groups excluding carboxylic acids is 1. The van der Waals surface area contributed by atoms with Gasteiger partial charge >= 0.3 is 0 Å². The van der Waals surface area contributed by atoms with Crippen molar-refractivity contribution in [3.8, 4) is 5.75 Å². The fraction of sp³-hybridized carbons (Fsp3) is 0.278. The van der Waals surface area contributed by atoms with Gasteiger partial charge in [0, 0.05) is 16.7 Å². The van der Waals surface area contributed by atoms with E-state index in [9.17, 15) is 13.2 Å². The number of ether oxygens (including phenoxy) is 1. The molecule has 0 aliphatic carbocycles. The molecule has 0 unspecified atom stereocenters. The van der Waals surface area contributed by atoms with Crippen molar-refractivity contribution in [1.82, 2.24) is 5.32 Å². The van der Waals surface area contributed by atoms with Crippen molar-refractivity contribution < 1.29 is 17.9 Å². The summed E-state index contributed by atoms with van der Waals surface area (Å²) in [5.41, 5.74) is 0.468. The fourth-order valence-corrected chi connectivity index (χ4v) is 3.29. The average Bonchev–Trinajstić information content (AvgIpc) is 2.60. The molecule has 0 heterocycles. The minimum absolute atomic E-state index is 0.108. The van der Waals surface area contributed by atoms with E-state index in [1.54, 1.807) is 24.3 Å². The largest absolute Gasteiger partial charge is 0.484 e. The number of nitrogens with one attached hydrogen (secondary N) is 2. The van der Waals surface area contributed by atoms with E-state index in [1.807, 2.05) is 13.8 Å². The molecule has 2 aromatic carbocycles. The summed E-state index contributed by atoms with van der Waals surface area (Å²) in [5.74, 6) is 0.571. The lowest BCUT2D eigenvalue weighted by Gasteiger charge is -2.10. The molecule has 0 spiro atoms. The molecule has 6 nitrogen and oxygen atoms in total. The van der Waals surface area contributed by atoms with Crippen LogP contribution >= 0.6 is 15.9 Å². The summed E-state index contributed by atoms with van der Waals surface area (Å²) in [6, 6.07) is 12.7. The topological polar surface area (TPSA) is 84.5 Å². The highest BCUT2D eigenvalue weighted by molar-refractivity contribution is 9.10. The zero-order valence-corrected chi connectivity index (χ0v) is 16.9. The van der Waals surface area contributed by atoms with Gasteiger partial charge in [0.2, 0.25) is 0 Å². The quantitative estimate of drug-likeness (QED) is 0.658. The van der Waals surface area contributed by atoms with Crippen LogP contribution in [0.15, 0.2) is 57.9 Å². The lowest BCUT2D eigenvalue weighted by atomic mass is 10.2. The second-order valence-electron chi connectivity index (χ2n) is 6.07. The number of sulfonamides is 1. The molecule has 140 valence electrons. The second-order valence-corrected chi connectivity index (χ2v) is 8.67. The Morgan fingerprint density at radius 2 is 1.69 bits per heavy atom. The van der Waals surface area contributed by atoms with Crippen LogP contribution in [0.2, 0.25) is 0 Å². The minimum atomic E-state index is -3.69. The number of benzene rings is 2. The summed E-state index contributed by atoms with van der Waals surface area (Å²) in [6.45, 7) is 4.47. The van der Waals surface area contributed by atoms with E-state index >= 15 is 0 Å². The number of carbonyl (C=O) groups is 1. The summed E-state index contributed by atoms with van der Waals surface area (Å²) in [6.07, 6.45) is 0. The van der Waals surface area contributed by atoms with E-state index in [0.717, 1.165) is 4.47 Å². The predicted molar refractivity (Wildman–Crippen MR) is 105 cm³/mol. The van der Waals surface area contributed by atoms with Crippen molar-refractivity contribution >= 4 is 37.5 Å². The van der Waals surface area contributed by atoms with Crippen molar-refractivity contribution in [2.45, 2.75) is 18.7 Å². The third kappa shape index (κ3) is 6.34. The molecule has 2 N–H and O–H groups in total. The number of anilines is 1. The first-order chi connectivity index (χ1) is 12.3. The van der Waals surface area contributed by atoms with Gasteiger partial charge < -0.3 is 10.1 Å². The second kappa shape index (κ2) is 9.05. The Kier molecular flexibility index (Phi) is 7.05. The summed E-state index contributed by atoms with van der Waals surface area (Å²) < 4.78 is 33.5. The van der Waals surface area contributed by atoms with Gasteiger partial charge in [0.1, 0.15) is 5.75 Å². The highest BCUT2D eigenvalue weighted by Gasteiger charge is 2.14. The van der Waals surface area contributed by atoms with Crippen LogP contribution in [0.5, 0.6) is 5.75 Å². The molecule has 26 heavy (non-hydrogen) atoms. The van der Waals surface area contributed by atoms with Gasteiger partial charge in [-0.3, -0.25) is 9.52 Å². The standard InChI is InChI=1S/C18H21BrN2O4S/c1-13(2)11-20-18(22)12-25-16-7-9-17(10-8-16)26(23,24)21-15-5-3-14(19)4-6-15/h3-10,13,21H,11-12H2,1-2H3,(H,20,22). The van der Waals surface area contributed by atoms with Gasteiger partial charge in [-0.25, -0.2) is 8.42 Å². The molecule has 0 aromatic heterocycles. The Morgan fingerprint density at radius 1 is 1.08 bits per heavy atom. The lowest BCUT2D eigenvalue weighted by Crippen LogP contribution is -2.31. The van der Waals surface area contributed by atoms with Crippen molar-refractivity contribution in [1.29, 1.82) is 0 Å². The number of rotatable bonds is 8. The van der Waals surface area contributed by atoms with Crippen LogP contribution in [-0.2, 0) is 14.8 Å². The molecular formula is C18H21BrN2O4S. The first-order valence-electron chi connectivity index (χ1n) is 8.04. The van der Waals surface area contributed by atoms with Gasteiger partial charge in [0.15, 0.2) is 6.61 Å². The number of hydrogen-bond donors (Lipinski definition) is 2.